The van der Waals surface area contributed by atoms with Gasteiger partial charge in [0.2, 0.25) is 0 Å². The van der Waals surface area contributed by atoms with Crippen LogP contribution in [0.3, 0.4) is 0 Å². The molecule has 0 radical (unpaired) electrons. The number of likely N-dealkylation sites (N-methyl/N-ethyl adjacent to an activating group) is 1. The Morgan fingerprint density at radius 1 is 1.13 bits per heavy atom. The highest BCUT2D eigenvalue weighted by Gasteiger charge is 2.12. The quantitative estimate of drug-likeness (QED) is 0.553. The fourth-order valence-electron chi connectivity index (χ4n) is 3.66. The number of ether oxygens (including phenoxy) is 2. The van der Waals surface area contributed by atoms with Crippen LogP contribution in [0.1, 0.15) is 23.2 Å². The van der Waals surface area contributed by atoms with Crippen molar-refractivity contribution in [3.63, 3.8) is 0 Å². The lowest BCUT2D eigenvalue weighted by molar-refractivity contribution is 0.0378. The summed E-state index contributed by atoms with van der Waals surface area (Å²) in [5.41, 5.74) is 4.45. The minimum absolute atomic E-state index is 0.743. The highest BCUT2D eigenvalue weighted by molar-refractivity contribution is 5.60. The molecule has 1 aliphatic heterocycles. The molecule has 0 atom stereocenters. The number of aryl methyl sites for hydroxylation is 1. The average Bonchev–Trinajstić information content (AvgIpc) is 2.79. The van der Waals surface area contributed by atoms with Crippen molar-refractivity contribution >= 4 is 5.82 Å². The molecule has 2 heterocycles. The summed E-state index contributed by atoms with van der Waals surface area (Å²) in [6.45, 7) is 12.5. The summed E-state index contributed by atoms with van der Waals surface area (Å²) in [4.78, 5) is 14.3. The zero-order valence-corrected chi connectivity index (χ0v) is 19.5. The molecule has 0 saturated carbocycles. The molecule has 1 N–H and O–H groups in total. The van der Waals surface area contributed by atoms with E-state index in [0.29, 0.717) is 0 Å². The van der Waals surface area contributed by atoms with Crippen LogP contribution in [0.5, 0.6) is 0 Å². The van der Waals surface area contributed by atoms with E-state index >= 15 is 0 Å². The molecule has 7 heteroatoms. The third-order valence-corrected chi connectivity index (χ3v) is 5.78. The Kier molecular flexibility index (Phi) is 9.21. The van der Waals surface area contributed by atoms with Crippen LogP contribution >= 0.6 is 0 Å². The maximum Gasteiger partial charge on any atom is 0.161 e. The monoisotopic (exact) mass is 427 g/mol. The molecule has 0 amide bonds. The number of aromatic nitrogens is 2. The molecule has 7 nitrogen and oxygen atoms in total. The molecule has 2 aromatic rings. The summed E-state index contributed by atoms with van der Waals surface area (Å²) >= 11 is 0. The van der Waals surface area contributed by atoms with Crippen LogP contribution < -0.4 is 5.32 Å². The second kappa shape index (κ2) is 12.1. The Morgan fingerprint density at radius 3 is 2.58 bits per heavy atom. The van der Waals surface area contributed by atoms with E-state index in [1.54, 1.807) is 7.11 Å². The van der Waals surface area contributed by atoms with E-state index in [1.165, 1.54) is 5.56 Å². The first kappa shape index (κ1) is 23.6. The van der Waals surface area contributed by atoms with Crippen LogP contribution in [0.25, 0.3) is 11.4 Å². The maximum atomic E-state index is 5.42. The molecule has 3 rings (SSSR count). The van der Waals surface area contributed by atoms with Gasteiger partial charge in [0.1, 0.15) is 5.82 Å². The smallest absolute Gasteiger partial charge is 0.161 e. The van der Waals surface area contributed by atoms with Crippen molar-refractivity contribution in [2.24, 2.45) is 0 Å². The van der Waals surface area contributed by atoms with E-state index in [2.05, 4.69) is 60.3 Å². The van der Waals surface area contributed by atoms with Crippen molar-refractivity contribution in [1.29, 1.82) is 0 Å². The number of nitrogens with zero attached hydrogens (tertiary/aromatic N) is 4. The molecule has 31 heavy (non-hydrogen) atoms. The largest absolute Gasteiger partial charge is 0.383 e. The Labute approximate surface area is 186 Å². The van der Waals surface area contributed by atoms with Crippen molar-refractivity contribution in [1.82, 2.24) is 19.8 Å². The van der Waals surface area contributed by atoms with E-state index in [1.807, 2.05) is 0 Å². The molecule has 0 aliphatic carbocycles. The van der Waals surface area contributed by atoms with Gasteiger partial charge in [-0.1, -0.05) is 24.3 Å². The Morgan fingerprint density at radius 2 is 1.87 bits per heavy atom. The average molecular weight is 428 g/mol. The van der Waals surface area contributed by atoms with E-state index < -0.39 is 0 Å². The summed E-state index contributed by atoms with van der Waals surface area (Å²) in [6, 6.07) is 8.55. The van der Waals surface area contributed by atoms with Gasteiger partial charge < -0.3 is 14.8 Å². The fraction of sp³-hybridized carbons (Fsp3) is 0.583. The highest BCUT2D eigenvalue weighted by atomic mass is 16.5. The predicted octanol–water partition coefficient (Wildman–Crippen LogP) is 2.97. The van der Waals surface area contributed by atoms with Crippen LogP contribution in [-0.4, -0.2) is 86.5 Å². The lowest BCUT2D eigenvalue weighted by Gasteiger charge is -2.26. The van der Waals surface area contributed by atoms with Gasteiger partial charge in [0.15, 0.2) is 5.82 Å². The van der Waals surface area contributed by atoms with Crippen LogP contribution in [0, 0.1) is 13.8 Å². The Hall–Kier alpha value is -2.06. The van der Waals surface area contributed by atoms with Gasteiger partial charge in [-0.2, -0.15) is 0 Å². The van der Waals surface area contributed by atoms with Gasteiger partial charge >= 0.3 is 0 Å². The van der Waals surface area contributed by atoms with Crippen molar-refractivity contribution in [2.45, 2.75) is 26.8 Å². The SMILES string of the molecule is COCCN(C)Cc1ccc(-c2nc(C)c(C)c(NCCCN3CCOCC3)n2)cc1. The first-order valence-electron chi connectivity index (χ1n) is 11.2. The van der Waals surface area contributed by atoms with Crippen molar-refractivity contribution in [2.75, 3.05) is 72.0 Å². The van der Waals surface area contributed by atoms with Crippen LogP contribution in [0.4, 0.5) is 5.82 Å². The Bertz CT molecular complexity index is 806. The third kappa shape index (κ3) is 7.25. The van der Waals surface area contributed by atoms with Gasteiger partial charge in [-0.15, -0.1) is 0 Å². The van der Waals surface area contributed by atoms with Gasteiger partial charge in [0, 0.05) is 56.7 Å². The number of morpholine rings is 1. The van der Waals surface area contributed by atoms with Crippen LogP contribution in [0.15, 0.2) is 24.3 Å². The second-order valence-corrected chi connectivity index (χ2v) is 8.27. The normalized spacial score (nSPS) is 14.9. The summed E-state index contributed by atoms with van der Waals surface area (Å²) < 4.78 is 10.6. The maximum absolute atomic E-state index is 5.42. The number of hydrogen-bond acceptors (Lipinski definition) is 7. The van der Waals surface area contributed by atoms with Gasteiger partial charge in [0.25, 0.3) is 0 Å². The van der Waals surface area contributed by atoms with Crippen LogP contribution in [0.2, 0.25) is 0 Å². The van der Waals surface area contributed by atoms with Crippen molar-refractivity contribution in [3.05, 3.63) is 41.1 Å². The molecule has 1 aromatic carbocycles. The Balaban J connectivity index is 1.59. The zero-order chi connectivity index (χ0) is 22.1. The number of anilines is 1. The first-order valence-corrected chi connectivity index (χ1v) is 11.2. The number of nitrogens with one attached hydrogen (secondary N) is 1. The highest BCUT2D eigenvalue weighted by Crippen LogP contribution is 2.22. The molecule has 0 spiro atoms. The second-order valence-electron chi connectivity index (χ2n) is 8.27. The molecule has 170 valence electrons. The molecule has 0 bridgehead atoms. The summed E-state index contributed by atoms with van der Waals surface area (Å²) in [5, 5.41) is 3.53. The number of hydrogen-bond donors (Lipinski definition) is 1. The van der Waals surface area contributed by atoms with Crippen LogP contribution in [-0.2, 0) is 16.0 Å². The topological polar surface area (TPSA) is 62.8 Å². The fourth-order valence-corrected chi connectivity index (χ4v) is 3.66. The minimum atomic E-state index is 0.743. The molecule has 1 aromatic heterocycles. The standard InChI is InChI=1S/C24H37N5O2/c1-19-20(2)26-24(22-8-6-21(7-9-22)18-28(3)12-15-30-4)27-23(19)25-10-5-11-29-13-16-31-17-14-29/h6-9H,5,10-18H2,1-4H3,(H,25,26,27). The molecule has 0 unspecified atom stereocenters. The number of benzene rings is 1. The van der Waals surface area contributed by atoms with Crippen molar-refractivity contribution in [3.8, 4) is 11.4 Å². The van der Waals surface area contributed by atoms with E-state index in [-0.39, 0.29) is 0 Å². The van der Waals surface area contributed by atoms with Gasteiger partial charge in [-0.05, 0) is 39.4 Å². The molecule has 1 aliphatic rings. The van der Waals surface area contributed by atoms with E-state index in [9.17, 15) is 0 Å². The number of rotatable bonds is 11. The lowest BCUT2D eigenvalue weighted by atomic mass is 10.1. The summed E-state index contributed by atoms with van der Waals surface area (Å²) in [7, 11) is 3.84. The zero-order valence-electron chi connectivity index (χ0n) is 19.5. The van der Waals surface area contributed by atoms with E-state index in [4.69, 9.17) is 19.4 Å². The van der Waals surface area contributed by atoms with Gasteiger partial charge in [0.05, 0.1) is 19.8 Å². The summed E-state index contributed by atoms with van der Waals surface area (Å²) in [5.74, 6) is 1.71. The lowest BCUT2D eigenvalue weighted by Crippen LogP contribution is -2.37. The van der Waals surface area contributed by atoms with E-state index in [0.717, 1.165) is 94.0 Å². The third-order valence-electron chi connectivity index (χ3n) is 5.78. The molecule has 1 saturated heterocycles. The first-order chi connectivity index (χ1) is 15.1. The van der Waals surface area contributed by atoms with Gasteiger partial charge in [-0.25, -0.2) is 9.97 Å². The predicted molar refractivity (Wildman–Crippen MR) is 126 cm³/mol. The molecular formula is C24H37N5O2. The number of methoxy groups -OCH3 is 1. The van der Waals surface area contributed by atoms with Gasteiger partial charge in [-0.3, -0.25) is 9.80 Å². The molecule has 1 fully saturated rings. The minimum Gasteiger partial charge on any atom is -0.383 e. The van der Waals surface area contributed by atoms with Crippen molar-refractivity contribution < 1.29 is 9.47 Å². The molecular weight excluding hydrogens is 390 g/mol. The summed E-state index contributed by atoms with van der Waals surface area (Å²) in [6.07, 6.45) is 1.09.